The quantitative estimate of drug-likeness (QED) is 0.0683. The van der Waals surface area contributed by atoms with Gasteiger partial charge in [0.05, 0.1) is 39.6 Å². The van der Waals surface area contributed by atoms with Crippen molar-refractivity contribution in [1.82, 2.24) is 0 Å². The van der Waals surface area contributed by atoms with Crippen LogP contribution in [0.4, 0.5) is 0 Å². The number of ether oxygens (including phenoxy) is 11. The Kier molecular flexibility index (Phi) is 19.4. The van der Waals surface area contributed by atoms with E-state index in [0.29, 0.717) is 0 Å². The van der Waals surface area contributed by atoms with Gasteiger partial charge in [-0.15, -0.1) is 0 Å². The first-order chi connectivity index (χ1) is 31.6. The van der Waals surface area contributed by atoms with E-state index in [1.54, 1.807) is 0 Å². The summed E-state index contributed by atoms with van der Waals surface area (Å²) >= 11 is 0. The fourth-order valence-corrected chi connectivity index (χ4v) is 7.99. The van der Waals surface area contributed by atoms with Crippen LogP contribution >= 0.6 is 0 Å². The summed E-state index contributed by atoms with van der Waals surface area (Å²) < 4.78 is 59.7. The van der Waals surface area contributed by atoms with E-state index >= 15 is 0 Å². The summed E-state index contributed by atoms with van der Waals surface area (Å²) in [5, 5.41) is 206. The molecule has 31 heteroatoms. The minimum absolute atomic E-state index is 0.692. The molecule has 0 aromatic carbocycles. The van der Waals surface area contributed by atoms with Gasteiger partial charge in [0.25, 0.3) is 0 Å². The fourth-order valence-electron chi connectivity index (χ4n) is 7.99. The van der Waals surface area contributed by atoms with Gasteiger partial charge in [-0.25, -0.2) is 0 Å². The van der Waals surface area contributed by atoms with Gasteiger partial charge in [-0.1, -0.05) is 0 Å². The molecule has 0 saturated carbocycles. The molecule has 6 aliphatic rings. The third-order valence-electron chi connectivity index (χ3n) is 12.3. The van der Waals surface area contributed by atoms with Crippen LogP contribution in [0.1, 0.15) is 0 Å². The van der Waals surface area contributed by atoms with Gasteiger partial charge in [0.1, 0.15) is 146 Å². The molecule has 6 fully saturated rings. The van der Waals surface area contributed by atoms with Gasteiger partial charge in [-0.3, -0.25) is 0 Å². The molecular formula is C36H62O31. The zero-order chi connectivity index (χ0) is 49.3. The zero-order valence-corrected chi connectivity index (χ0v) is 35.0. The van der Waals surface area contributed by atoms with Crippen LogP contribution in [0.3, 0.4) is 0 Å². The number of aliphatic hydroxyl groups excluding tert-OH is 20. The number of hydrogen-bond acceptors (Lipinski definition) is 31. The fraction of sp³-hybridized carbons (Fsp3) is 1.00. The maximum Gasteiger partial charge on any atom is 0.186 e. The lowest BCUT2D eigenvalue weighted by Crippen LogP contribution is -2.63. The molecule has 0 aromatic rings. The van der Waals surface area contributed by atoms with Gasteiger partial charge in [-0.05, 0) is 0 Å². The maximum atomic E-state index is 10.7. The first-order valence-corrected chi connectivity index (χ1v) is 21.1. The van der Waals surface area contributed by atoms with Gasteiger partial charge in [0.15, 0.2) is 37.7 Å². The van der Waals surface area contributed by atoms with Crippen LogP contribution in [0, 0.1) is 0 Å². The highest BCUT2D eigenvalue weighted by molar-refractivity contribution is 4.96. The molecule has 0 aliphatic carbocycles. The Bertz CT molecular complexity index is 1510. The van der Waals surface area contributed by atoms with Gasteiger partial charge in [0.2, 0.25) is 0 Å². The van der Waals surface area contributed by atoms with Crippen molar-refractivity contribution in [3.63, 3.8) is 0 Å². The number of hydrogen-bond donors (Lipinski definition) is 20. The van der Waals surface area contributed by atoms with Crippen molar-refractivity contribution in [3.8, 4) is 0 Å². The van der Waals surface area contributed by atoms with Crippen LogP contribution < -0.4 is 0 Å². The van der Waals surface area contributed by atoms with Crippen LogP contribution in [-0.2, 0) is 52.1 Å². The van der Waals surface area contributed by atoms with E-state index in [0.717, 1.165) is 0 Å². The molecule has 30 atom stereocenters. The summed E-state index contributed by atoms with van der Waals surface area (Å²) in [6.45, 7) is -4.51. The second kappa shape index (κ2) is 23.5. The Morgan fingerprint density at radius 1 is 0.224 bits per heavy atom. The summed E-state index contributed by atoms with van der Waals surface area (Å²) in [5.41, 5.74) is 0. The molecule has 0 aromatic heterocycles. The smallest absolute Gasteiger partial charge is 0.186 e. The highest BCUT2D eigenvalue weighted by Crippen LogP contribution is 2.31. The van der Waals surface area contributed by atoms with Crippen molar-refractivity contribution in [2.24, 2.45) is 0 Å². The van der Waals surface area contributed by atoms with Gasteiger partial charge in [0, 0.05) is 0 Å². The van der Waals surface area contributed by atoms with E-state index in [9.17, 15) is 102 Å². The van der Waals surface area contributed by atoms with Gasteiger partial charge >= 0.3 is 0 Å². The topological polar surface area (TPSA) is 506 Å². The molecule has 0 bridgehead atoms. The van der Waals surface area contributed by atoms with Crippen molar-refractivity contribution in [3.05, 3.63) is 0 Å². The highest BCUT2D eigenvalue weighted by atomic mass is 16.8. The van der Waals surface area contributed by atoms with E-state index in [2.05, 4.69) is 0 Å². The lowest BCUT2D eigenvalue weighted by molar-refractivity contribution is -0.352. The SMILES string of the molecule is OC[C@H]1O[C@H](OC[C@H]2O[C@H](OC[C@H]3O[C@H](OC[C@H]4O[C@H](OC[C@H]5O[C@H](OC[C@H]6O[C@H](O)[C@H](O)[C@@H](O)[C@@H]6O)[C@H](O)[C@@H](O)[C@H]5O)[C@H](O)[C@@H](O)[C@H]4O)[C@H](O)[C@@H](O)[C@H]3O)[C@H](O)[C@@H](O)[C@H]2O)[C@H](O)[C@@H](O)[C@H]1O. The molecule has 6 aliphatic heterocycles. The predicted molar refractivity (Wildman–Crippen MR) is 199 cm³/mol. The first-order valence-electron chi connectivity index (χ1n) is 21.1. The number of aliphatic hydroxyl groups is 20. The minimum atomic E-state index is -2.01. The largest absolute Gasteiger partial charge is 0.394 e. The molecule has 0 amide bonds. The molecule has 67 heavy (non-hydrogen) atoms. The Balaban J connectivity index is 1.01. The van der Waals surface area contributed by atoms with Crippen molar-refractivity contribution in [1.29, 1.82) is 0 Å². The molecular weight excluding hydrogens is 928 g/mol. The van der Waals surface area contributed by atoms with Crippen molar-refractivity contribution in [2.75, 3.05) is 39.6 Å². The van der Waals surface area contributed by atoms with Crippen molar-refractivity contribution in [2.45, 2.75) is 184 Å². The Morgan fingerprint density at radius 2 is 0.418 bits per heavy atom. The molecule has 6 heterocycles. The lowest BCUT2D eigenvalue weighted by Gasteiger charge is -2.44. The predicted octanol–water partition coefficient (Wildman–Crippen LogP) is -14.1. The molecule has 20 N–H and O–H groups in total. The van der Waals surface area contributed by atoms with E-state index in [1.165, 1.54) is 0 Å². The first kappa shape index (κ1) is 55.1. The third-order valence-corrected chi connectivity index (χ3v) is 12.3. The van der Waals surface area contributed by atoms with Crippen LogP contribution in [0.2, 0.25) is 0 Å². The molecule has 6 saturated heterocycles. The second-order valence-electron chi connectivity index (χ2n) is 17.0. The second-order valence-corrected chi connectivity index (χ2v) is 17.0. The Hall–Kier alpha value is -1.24. The molecule has 6 rings (SSSR count). The standard InChI is InChI=1S/C36H62O31/c37-1-7-13(38)20(45)26(51)32(63-7)58-3-9-15(40)22(47)28(53)34(65-9)60-5-11-17(42)24(49)30(55)36(67-11)61-6-12-18(43)23(48)29(54)35(66-12)59-4-10-16(41)21(46)27(52)33(64-10)57-2-8-14(39)19(44)25(50)31(56)62-8/h7-56H,1-6H2/t7-,8-,9-,10-,11-,12-,13+,14-,15+,16+,17+,18+,19+,20+,21+,22+,23+,24+,25-,26-,27-,28-,29-,30-,31+,32+,33+,34+,35+,36+/m1/s1. The minimum Gasteiger partial charge on any atom is -0.394 e. The summed E-state index contributed by atoms with van der Waals surface area (Å²) in [6.07, 6.45) is -54.2. The molecule has 392 valence electrons. The lowest BCUT2D eigenvalue weighted by atomic mass is 9.97. The molecule has 31 nitrogen and oxygen atoms in total. The summed E-state index contributed by atoms with van der Waals surface area (Å²) in [5.74, 6) is 0. The molecule has 0 radical (unpaired) electrons. The zero-order valence-electron chi connectivity index (χ0n) is 35.0. The highest BCUT2D eigenvalue weighted by Gasteiger charge is 2.52. The van der Waals surface area contributed by atoms with Crippen molar-refractivity contribution >= 4 is 0 Å². The van der Waals surface area contributed by atoms with Crippen LogP contribution in [0.25, 0.3) is 0 Å². The van der Waals surface area contributed by atoms with Crippen LogP contribution in [0.15, 0.2) is 0 Å². The van der Waals surface area contributed by atoms with Gasteiger partial charge in [-0.2, -0.15) is 0 Å². The van der Waals surface area contributed by atoms with Gasteiger partial charge < -0.3 is 154 Å². The van der Waals surface area contributed by atoms with Crippen LogP contribution in [-0.4, -0.2) is 326 Å². The van der Waals surface area contributed by atoms with E-state index in [4.69, 9.17) is 52.1 Å². The third kappa shape index (κ3) is 12.0. The number of rotatable bonds is 16. The van der Waals surface area contributed by atoms with E-state index in [-0.39, 0.29) is 0 Å². The maximum absolute atomic E-state index is 10.7. The average molecular weight is 991 g/mol. The summed E-state index contributed by atoms with van der Waals surface area (Å²) in [7, 11) is 0. The van der Waals surface area contributed by atoms with Crippen LogP contribution in [0.5, 0.6) is 0 Å². The summed E-state index contributed by atoms with van der Waals surface area (Å²) in [4.78, 5) is 0. The average Bonchev–Trinajstić information content (AvgIpc) is 3.31. The normalized spacial score (nSPS) is 53.4. The Labute approximate surface area is 378 Å². The monoisotopic (exact) mass is 990 g/mol. The van der Waals surface area contributed by atoms with E-state index in [1.807, 2.05) is 0 Å². The molecule has 0 unspecified atom stereocenters. The summed E-state index contributed by atoms with van der Waals surface area (Å²) in [6, 6.07) is 0. The van der Waals surface area contributed by atoms with E-state index < -0.39 is 224 Å². The van der Waals surface area contributed by atoms with Crippen molar-refractivity contribution < 1.29 is 154 Å². The molecule has 0 spiro atoms. The Morgan fingerprint density at radius 3 is 0.657 bits per heavy atom.